The highest BCUT2D eigenvalue weighted by atomic mass is 127. The van der Waals surface area contributed by atoms with Crippen LogP contribution in [0.15, 0.2) is 24.3 Å². The monoisotopic (exact) mass is 585 g/mol. The third-order valence-corrected chi connectivity index (χ3v) is 7.13. The molecule has 0 unspecified atom stereocenters. The highest BCUT2D eigenvalue weighted by Crippen LogP contribution is 2.24. The van der Waals surface area contributed by atoms with Crippen LogP contribution in [-0.4, -0.2) is 65.0 Å². The fourth-order valence-corrected chi connectivity index (χ4v) is 4.96. The fourth-order valence-electron chi connectivity index (χ4n) is 4.74. The van der Waals surface area contributed by atoms with E-state index in [9.17, 15) is 19.5 Å². The standard InChI is InChI=1S/C25H36IN3O5/c26-11-15-34-21-6-4-19(5-7-21)22(16-24(31)32)28-25(33)20-2-1-14-29(17-20)23(30)8-3-18-9-12-27-13-10-18/h4-7,18,20,22,27H,1-3,8-17H2,(H,28,33)(H,31,32)/t20-,22+/m1/s1. The number of halogens is 1. The van der Waals surface area contributed by atoms with Crippen molar-refractivity contribution in [2.75, 3.05) is 37.2 Å². The van der Waals surface area contributed by atoms with Crippen molar-refractivity contribution in [3.05, 3.63) is 29.8 Å². The van der Waals surface area contributed by atoms with Crippen LogP contribution in [0.1, 0.15) is 56.6 Å². The van der Waals surface area contributed by atoms with Gasteiger partial charge in [0.15, 0.2) is 0 Å². The van der Waals surface area contributed by atoms with E-state index < -0.39 is 12.0 Å². The summed E-state index contributed by atoms with van der Waals surface area (Å²) in [7, 11) is 0. The van der Waals surface area contributed by atoms with E-state index in [1.807, 2.05) is 4.90 Å². The number of hydrogen-bond donors (Lipinski definition) is 3. The summed E-state index contributed by atoms with van der Waals surface area (Å²) in [6.07, 6.45) is 4.96. The Morgan fingerprint density at radius 1 is 1.18 bits per heavy atom. The Morgan fingerprint density at radius 2 is 1.91 bits per heavy atom. The summed E-state index contributed by atoms with van der Waals surface area (Å²) in [6, 6.07) is 6.56. The molecule has 0 bridgehead atoms. The summed E-state index contributed by atoms with van der Waals surface area (Å²) in [6.45, 7) is 3.74. The van der Waals surface area contributed by atoms with Crippen LogP contribution in [0.2, 0.25) is 0 Å². The number of nitrogens with zero attached hydrogens (tertiary/aromatic N) is 1. The Kier molecular flexibility index (Phi) is 10.9. The van der Waals surface area contributed by atoms with Crippen molar-refractivity contribution < 1.29 is 24.2 Å². The molecule has 9 heteroatoms. The lowest BCUT2D eigenvalue weighted by atomic mass is 9.92. The molecule has 2 amide bonds. The first kappa shape index (κ1) is 26.7. The molecule has 2 aliphatic heterocycles. The number of hydrogen-bond acceptors (Lipinski definition) is 5. The summed E-state index contributed by atoms with van der Waals surface area (Å²) in [5.41, 5.74) is 0.725. The molecule has 0 spiro atoms. The Bertz CT molecular complexity index is 813. The number of rotatable bonds is 11. The van der Waals surface area contributed by atoms with Crippen LogP contribution in [-0.2, 0) is 14.4 Å². The molecule has 188 valence electrons. The van der Waals surface area contributed by atoms with Gasteiger partial charge in [-0.25, -0.2) is 0 Å². The molecule has 2 fully saturated rings. The van der Waals surface area contributed by atoms with Crippen LogP contribution in [0.5, 0.6) is 5.75 Å². The van der Waals surface area contributed by atoms with Gasteiger partial charge < -0.3 is 25.4 Å². The second kappa shape index (κ2) is 13.9. The van der Waals surface area contributed by atoms with E-state index in [4.69, 9.17) is 4.74 Å². The summed E-state index contributed by atoms with van der Waals surface area (Å²) in [5.74, 6) is -0.0449. The quantitative estimate of drug-likeness (QED) is 0.272. The normalized spacial score (nSPS) is 19.9. The Labute approximate surface area is 215 Å². The largest absolute Gasteiger partial charge is 0.493 e. The molecule has 2 heterocycles. The van der Waals surface area contributed by atoms with Crippen molar-refractivity contribution in [3.63, 3.8) is 0 Å². The van der Waals surface area contributed by atoms with Crippen molar-refractivity contribution in [1.82, 2.24) is 15.5 Å². The number of carboxylic acids is 1. The third-order valence-electron chi connectivity index (χ3n) is 6.69. The zero-order valence-electron chi connectivity index (χ0n) is 19.6. The Morgan fingerprint density at radius 3 is 2.59 bits per heavy atom. The van der Waals surface area contributed by atoms with Gasteiger partial charge in [-0.05, 0) is 68.8 Å². The van der Waals surface area contributed by atoms with Crippen LogP contribution in [0.3, 0.4) is 0 Å². The summed E-state index contributed by atoms with van der Waals surface area (Å²) in [4.78, 5) is 39.1. The van der Waals surface area contributed by atoms with Gasteiger partial charge in [0.1, 0.15) is 5.75 Å². The average molecular weight is 585 g/mol. The highest BCUT2D eigenvalue weighted by Gasteiger charge is 2.30. The van der Waals surface area contributed by atoms with E-state index >= 15 is 0 Å². The van der Waals surface area contributed by atoms with E-state index in [-0.39, 0.29) is 24.2 Å². The number of carboxylic acid groups (broad SMARTS) is 1. The summed E-state index contributed by atoms with van der Waals surface area (Å²) >= 11 is 2.23. The minimum Gasteiger partial charge on any atom is -0.493 e. The van der Waals surface area contributed by atoms with E-state index in [2.05, 4.69) is 33.2 Å². The first-order valence-corrected chi connectivity index (χ1v) is 13.8. The van der Waals surface area contributed by atoms with E-state index in [0.29, 0.717) is 44.2 Å². The topological polar surface area (TPSA) is 108 Å². The number of amides is 2. The van der Waals surface area contributed by atoms with Crippen molar-refractivity contribution in [3.8, 4) is 5.75 Å². The summed E-state index contributed by atoms with van der Waals surface area (Å²) < 4.78 is 6.46. The number of piperidine rings is 2. The van der Waals surface area contributed by atoms with Gasteiger partial charge in [0.2, 0.25) is 11.8 Å². The maximum absolute atomic E-state index is 13.1. The van der Waals surface area contributed by atoms with Crippen molar-refractivity contribution in [2.45, 2.75) is 51.0 Å². The molecule has 2 aliphatic rings. The first-order valence-electron chi connectivity index (χ1n) is 12.3. The predicted octanol–water partition coefficient (Wildman–Crippen LogP) is 3.15. The lowest BCUT2D eigenvalue weighted by Gasteiger charge is -2.33. The number of aliphatic carboxylic acids is 1. The smallest absolute Gasteiger partial charge is 0.305 e. The number of likely N-dealkylation sites (tertiary alicyclic amines) is 1. The van der Waals surface area contributed by atoms with Crippen molar-refractivity contribution in [1.29, 1.82) is 0 Å². The van der Waals surface area contributed by atoms with Gasteiger partial charge in [-0.2, -0.15) is 0 Å². The zero-order chi connectivity index (χ0) is 24.3. The Balaban J connectivity index is 1.55. The summed E-state index contributed by atoms with van der Waals surface area (Å²) in [5, 5.41) is 15.7. The molecule has 0 aliphatic carbocycles. The molecule has 8 nitrogen and oxygen atoms in total. The molecule has 0 radical (unpaired) electrons. The predicted molar refractivity (Wildman–Crippen MR) is 138 cm³/mol. The Hall–Kier alpha value is -1.88. The van der Waals surface area contributed by atoms with Crippen molar-refractivity contribution in [2.24, 2.45) is 11.8 Å². The molecule has 0 aromatic heterocycles. The molecule has 3 N–H and O–H groups in total. The number of benzene rings is 1. The second-order valence-electron chi connectivity index (χ2n) is 9.18. The van der Waals surface area contributed by atoms with Gasteiger partial charge >= 0.3 is 5.97 Å². The average Bonchev–Trinajstić information content (AvgIpc) is 2.86. The zero-order valence-corrected chi connectivity index (χ0v) is 21.8. The number of carbonyl (C=O) groups excluding carboxylic acids is 2. The highest BCUT2D eigenvalue weighted by molar-refractivity contribution is 14.1. The van der Waals surface area contributed by atoms with Gasteiger partial charge in [-0.3, -0.25) is 14.4 Å². The molecule has 0 saturated carbocycles. The lowest BCUT2D eigenvalue weighted by molar-refractivity contribution is -0.138. The number of nitrogens with one attached hydrogen (secondary N) is 2. The van der Waals surface area contributed by atoms with Crippen LogP contribution >= 0.6 is 22.6 Å². The van der Waals surface area contributed by atoms with Crippen LogP contribution in [0.25, 0.3) is 0 Å². The van der Waals surface area contributed by atoms with E-state index in [1.165, 1.54) is 0 Å². The fraction of sp³-hybridized carbons (Fsp3) is 0.640. The number of carbonyl (C=O) groups is 3. The van der Waals surface area contributed by atoms with Gasteiger partial charge in [0.05, 0.1) is 25.0 Å². The van der Waals surface area contributed by atoms with Gasteiger partial charge in [0, 0.05) is 23.9 Å². The van der Waals surface area contributed by atoms with Gasteiger partial charge in [-0.1, -0.05) is 34.7 Å². The number of ether oxygens (including phenoxy) is 1. The second-order valence-corrected chi connectivity index (χ2v) is 10.3. The van der Waals surface area contributed by atoms with E-state index in [0.717, 1.165) is 48.8 Å². The van der Waals surface area contributed by atoms with Gasteiger partial charge in [0.25, 0.3) is 0 Å². The molecule has 3 rings (SSSR count). The van der Waals surface area contributed by atoms with Crippen LogP contribution in [0, 0.1) is 11.8 Å². The number of alkyl halides is 1. The maximum Gasteiger partial charge on any atom is 0.305 e. The molecule has 1 aromatic rings. The van der Waals surface area contributed by atoms with Gasteiger partial charge in [-0.15, -0.1) is 0 Å². The molecule has 2 atom stereocenters. The molecule has 34 heavy (non-hydrogen) atoms. The van der Waals surface area contributed by atoms with E-state index in [1.54, 1.807) is 24.3 Å². The molecule has 2 saturated heterocycles. The maximum atomic E-state index is 13.1. The SMILES string of the molecule is O=C(O)C[C@H](NC(=O)[C@@H]1CCCN(C(=O)CCC2CCNCC2)C1)c1ccc(OCCI)cc1. The molecular weight excluding hydrogens is 549 g/mol. The lowest BCUT2D eigenvalue weighted by Crippen LogP contribution is -2.46. The first-order chi connectivity index (χ1) is 16.5. The minimum absolute atomic E-state index is 0.125. The minimum atomic E-state index is -0.978. The van der Waals surface area contributed by atoms with Crippen LogP contribution in [0.4, 0.5) is 0 Å². The third kappa shape index (κ3) is 8.41. The van der Waals surface area contributed by atoms with Crippen molar-refractivity contribution >= 4 is 40.4 Å². The van der Waals surface area contributed by atoms with Crippen LogP contribution < -0.4 is 15.4 Å². The molecule has 1 aromatic carbocycles. The molecular formula is C25H36IN3O5.